The number of ether oxygens (including phenoxy) is 2. The summed E-state index contributed by atoms with van der Waals surface area (Å²) in [5.41, 5.74) is 2.53. The topological polar surface area (TPSA) is 77.5 Å². The van der Waals surface area contributed by atoms with Crippen molar-refractivity contribution in [1.82, 2.24) is 10.3 Å². The second-order valence-corrected chi connectivity index (χ2v) is 6.09. The van der Waals surface area contributed by atoms with Crippen LogP contribution < -0.4 is 10.1 Å². The quantitative estimate of drug-likeness (QED) is 0.594. The zero-order chi connectivity index (χ0) is 19.1. The maximum Gasteiger partial charge on any atom is 0.342 e. The Kier molecular flexibility index (Phi) is 6.97. The van der Waals surface area contributed by atoms with Gasteiger partial charge in [0.15, 0.2) is 6.61 Å². The number of hydrogen-bond acceptors (Lipinski definition) is 5. The molecule has 0 aliphatic carbocycles. The van der Waals surface area contributed by atoms with E-state index in [1.54, 1.807) is 27.0 Å². The lowest BCUT2D eigenvalue weighted by atomic mass is 10.1. The summed E-state index contributed by atoms with van der Waals surface area (Å²) in [4.78, 5) is 28.1. The number of benzene rings is 1. The first-order valence-corrected chi connectivity index (χ1v) is 8.49. The molecule has 0 bridgehead atoms. The maximum absolute atomic E-state index is 12.1. The van der Waals surface area contributed by atoms with Crippen molar-refractivity contribution in [3.63, 3.8) is 0 Å². The fourth-order valence-electron chi connectivity index (χ4n) is 2.54. The Hall–Kier alpha value is -2.60. The van der Waals surface area contributed by atoms with E-state index in [4.69, 9.17) is 21.1 Å². The number of hydrogen-bond donors (Lipinski definition) is 1. The van der Waals surface area contributed by atoms with Gasteiger partial charge in [0.25, 0.3) is 5.91 Å². The van der Waals surface area contributed by atoms with E-state index in [-0.39, 0.29) is 23.2 Å². The first-order valence-electron chi connectivity index (χ1n) is 8.11. The van der Waals surface area contributed by atoms with Crippen LogP contribution in [-0.2, 0) is 16.0 Å². The third-order valence-electron chi connectivity index (χ3n) is 3.75. The molecule has 1 amide bonds. The van der Waals surface area contributed by atoms with Crippen LogP contribution in [0.1, 0.15) is 27.2 Å². The number of rotatable bonds is 7. The molecule has 1 aromatic carbocycles. The third kappa shape index (κ3) is 5.20. The summed E-state index contributed by atoms with van der Waals surface area (Å²) in [6, 6.07) is 9.31. The van der Waals surface area contributed by atoms with E-state index < -0.39 is 5.97 Å². The minimum atomic E-state index is -0.667. The highest BCUT2D eigenvalue weighted by atomic mass is 35.5. The fourth-order valence-corrected chi connectivity index (χ4v) is 2.90. The van der Waals surface area contributed by atoms with Crippen LogP contribution in [0, 0.1) is 13.8 Å². The summed E-state index contributed by atoms with van der Waals surface area (Å²) in [6.07, 6.45) is 0.608. The Bertz CT molecular complexity index is 785. The number of aromatic nitrogens is 1. The van der Waals surface area contributed by atoms with Crippen LogP contribution in [0.15, 0.2) is 30.3 Å². The molecule has 0 radical (unpaired) electrons. The van der Waals surface area contributed by atoms with Crippen LogP contribution in [0.25, 0.3) is 0 Å². The highest BCUT2D eigenvalue weighted by Crippen LogP contribution is 2.20. The molecule has 0 aliphatic rings. The van der Waals surface area contributed by atoms with Crippen molar-refractivity contribution in [2.24, 2.45) is 0 Å². The average molecular weight is 377 g/mol. The van der Waals surface area contributed by atoms with Crippen LogP contribution in [-0.4, -0.2) is 37.1 Å². The number of aryl methyl sites for hydroxylation is 2. The number of methoxy groups -OCH3 is 1. The van der Waals surface area contributed by atoms with E-state index >= 15 is 0 Å². The second-order valence-electron chi connectivity index (χ2n) is 5.73. The summed E-state index contributed by atoms with van der Waals surface area (Å²) in [6.45, 7) is 3.55. The summed E-state index contributed by atoms with van der Waals surface area (Å²) >= 11 is 6.00. The van der Waals surface area contributed by atoms with Crippen molar-refractivity contribution >= 4 is 23.5 Å². The van der Waals surface area contributed by atoms with Gasteiger partial charge in [0.05, 0.1) is 12.7 Å². The number of halogens is 1. The molecule has 1 N–H and O–H groups in total. The molecule has 0 unspecified atom stereocenters. The first kappa shape index (κ1) is 19.7. The summed E-state index contributed by atoms with van der Waals surface area (Å²) in [5.74, 6) is -0.285. The molecule has 0 aliphatic heterocycles. The molecule has 1 heterocycles. The van der Waals surface area contributed by atoms with Gasteiger partial charge in [-0.25, -0.2) is 9.78 Å². The van der Waals surface area contributed by atoms with Gasteiger partial charge in [-0.3, -0.25) is 4.79 Å². The second kappa shape index (κ2) is 9.20. The molecule has 26 heavy (non-hydrogen) atoms. The Labute approximate surface area is 157 Å². The van der Waals surface area contributed by atoms with Crippen LogP contribution in [0.2, 0.25) is 5.15 Å². The van der Waals surface area contributed by atoms with Gasteiger partial charge in [-0.15, -0.1) is 0 Å². The standard InChI is InChI=1S/C19H21ClN2O4/c1-12-10-13(2)22-18(20)17(12)19(24)26-11-16(23)21-9-8-14-6-4-5-7-15(14)25-3/h4-7,10H,8-9,11H2,1-3H3,(H,21,23). The van der Waals surface area contributed by atoms with E-state index in [9.17, 15) is 9.59 Å². The van der Waals surface area contributed by atoms with Crippen molar-refractivity contribution in [3.05, 3.63) is 57.9 Å². The molecular weight excluding hydrogens is 356 g/mol. The van der Waals surface area contributed by atoms with Gasteiger partial charge in [-0.05, 0) is 43.5 Å². The van der Waals surface area contributed by atoms with E-state index in [2.05, 4.69) is 10.3 Å². The minimum absolute atomic E-state index is 0.0732. The highest BCUT2D eigenvalue weighted by molar-refractivity contribution is 6.32. The molecule has 1 aromatic heterocycles. The summed E-state index contributed by atoms with van der Waals surface area (Å²) in [7, 11) is 1.60. The van der Waals surface area contributed by atoms with Gasteiger partial charge in [0.2, 0.25) is 0 Å². The van der Waals surface area contributed by atoms with E-state index in [0.29, 0.717) is 24.2 Å². The fraction of sp³-hybridized carbons (Fsp3) is 0.316. The molecule has 138 valence electrons. The van der Waals surface area contributed by atoms with Gasteiger partial charge in [0.1, 0.15) is 10.9 Å². The van der Waals surface area contributed by atoms with E-state index in [0.717, 1.165) is 11.3 Å². The van der Waals surface area contributed by atoms with Crippen LogP contribution in [0.5, 0.6) is 5.75 Å². The first-order chi connectivity index (χ1) is 12.4. The molecule has 0 saturated heterocycles. The largest absolute Gasteiger partial charge is 0.496 e. The lowest BCUT2D eigenvalue weighted by molar-refractivity contribution is -0.124. The number of amides is 1. The predicted molar refractivity (Wildman–Crippen MR) is 98.7 cm³/mol. The monoisotopic (exact) mass is 376 g/mol. The zero-order valence-corrected chi connectivity index (χ0v) is 15.7. The molecule has 2 rings (SSSR count). The maximum atomic E-state index is 12.1. The van der Waals surface area contributed by atoms with Crippen molar-refractivity contribution in [1.29, 1.82) is 0 Å². The predicted octanol–water partition coefficient (Wildman–Crippen LogP) is 2.88. The smallest absolute Gasteiger partial charge is 0.342 e. The van der Waals surface area contributed by atoms with Crippen molar-refractivity contribution in [3.8, 4) is 5.75 Å². The summed E-state index contributed by atoms with van der Waals surface area (Å²) < 4.78 is 10.3. The van der Waals surface area contributed by atoms with Crippen molar-refractivity contribution in [2.75, 3.05) is 20.3 Å². The third-order valence-corrected chi connectivity index (χ3v) is 4.02. The van der Waals surface area contributed by atoms with Gasteiger partial charge in [-0.2, -0.15) is 0 Å². The molecule has 0 saturated carbocycles. The number of nitrogens with one attached hydrogen (secondary N) is 1. The van der Waals surface area contributed by atoms with Gasteiger partial charge >= 0.3 is 5.97 Å². The molecule has 6 nitrogen and oxygen atoms in total. The number of nitrogens with zero attached hydrogens (tertiary/aromatic N) is 1. The Balaban J connectivity index is 1.83. The Morgan fingerprint density at radius 1 is 1.23 bits per heavy atom. The number of carbonyl (C=O) groups excluding carboxylic acids is 2. The van der Waals surface area contributed by atoms with Crippen LogP contribution >= 0.6 is 11.6 Å². The van der Waals surface area contributed by atoms with Gasteiger partial charge in [-0.1, -0.05) is 29.8 Å². The number of carbonyl (C=O) groups is 2. The summed E-state index contributed by atoms with van der Waals surface area (Å²) in [5, 5.41) is 2.78. The molecule has 0 atom stereocenters. The average Bonchev–Trinajstić information content (AvgIpc) is 2.59. The van der Waals surface area contributed by atoms with E-state index in [1.807, 2.05) is 24.3 Å². The molecule has 2 aromatic rings. The number of para-hydroxylation sites is 1. The SMILES string of the molecule is COc1ccccc1CCNC(=O)COC(=O)c1c(C)cc(C)nc1Cl. The molecule has 0 fully saturated rings. The van der Waals surface area contributed by atoms with Gasteiger partial charge < -0.3 is 14.8 Å². The number of esters is 1. The Morgan fingerprint density at radius 3 is 2.65 bits per heavy atom. The van der Waals surface area contributed by atoms with Gasteiger partial charge in [0, 0.05) is 12.2 Å². The molecule has 0 spiro atoms. The normalized spacial score (nSPS) is 10.3. The Morgan fingerprint density at radius 2 is 1.96 bits per heavy atom. The van der Waals surface area contributed by atoms with Crippen LogP contribution in [0.4, 0.5) is 0 Å². The highest BCUT2D eigenvalue weighted by Gasteiger charge is 2.18. The van der Waals surface area contributed by atoms with Crippen molar-refractivity contribution in [2.45, 2.75) is 20.3 Å². The number of pyridine rings is 1. The lowest BCUT2D eigenvalue weighted by Gasteiger charge is -2.10. The van der Waals surface area contributed by atoms with Crippen molar-refractivity contribution < 1.29 is 19.1 Å². The molecule has 7 heteroatoms. The molecular formula is C19H21ClN2O4. The van der Waals surface area contributed by atoms with Crippen LogP contribution in [0.3, 0.4) is 0 Å². The minimum Gasteiger partial charge on any atom is -0.496 e. The zero-order valence-electron chi connectivity index (χ0n) is 15.0. The lowest BCUT2D eigenvalue weighted by Crippen LogP contribution is -2.30. The van der Waals surface area contributed by atoms with E-state index in [1.165, 1.54) is 0 Å².